The summed E-state index contributed by atoms with van der Waals surface area (Å²) in [5.41, 5.74) is 2.63. The van der Waals surface area contributed by atoms with Crippen LogP contribution in [0.1, 0.15) is 45.4 Å². The maximum absolute atomic E-state index is 5.49. The highest BCUT2D eigenvalue weighted by atomic mass is 15.3. The average Bonchev–Trinajstić information content (AvgIpc) is 2.46. The summed E-state index contributed by atoms with van der Waals surface area (Å²) in [7, 11) is 2.13. The molecule has 2 unspecified atom stereocenters. The lowest BCUT2D eigenvalue weighted by Gasteiger charge is -2.37. The lowest BCUT2D eigenvalue weighted by molar-refractivity contribution is 0.320. The zero-order chi connectivity index (χ0) is 13.8. The quantitative estimate of drug-likeness (QED) is 0.644. The highest BCUT2D eigenvalue weighted by molar-refractivity contribution is 5.49. The molecule has 1 heterocycles. The fourth-order valence-electron chi connectivity index (χ4n) is 2.94. The lowest BCUT2D eigenvalue weighted by atomic mass is 9.85. The molecule has 2 rings (SSSR count). The Morgan fingerprint density at radius 1 is 1.37 bits per heavy atom. The maximum atomic E-state index is 5.49. The van der Waals surface area contributed by atoms with E-state index in [0.29, 0.717) is 17.8 Å². The van der Waals surface area contributed by atoms with Crippen molar-refractivity contribution >= 4 is 11.6 Å². The summed E-state index contributed by atoms with van der Waals surface area (Å²) >= 11 is 0. The number of aromatic nitrogens is 2. The summed E-state index contributed by atoms with van der Waals surface area (Å²) in [5.74, 6) is 8.70. The van der Waals surface area contributed by atoms with E-state index in [2.05, 4.69) is 41.2 Å². The molecule has 0 amide bonds. The molecule has 1 aliphatic carbocycles. The second kappa shape index (κ2) is 6.19. The topological polar surface area (TPSA) is 67.1 Å². The van der Waals surface area contributed by atoms with Crippen LogP contribution in [0, 0.1) is 5.92 Å². The number of nitrogen functional groups attached to an aromatic ring is 1. The van der Waals surface area contributed by atoms with E-state index in [0.717, 1.165) is 18.1 Å². The Hall–Kier alpha value is -1.36. The zero-order valence-electron chi connectivity index (χ0n) is 12.2. The third kappa shape index (κ3) is 3.15. The summed E-state index contributed by atoms with van der Waals surface area (Å²) in [5, 5.41) is 0. The van der Waals surface area contributed by atoms with Crippen LogP contribution in [-0.2, 0) is 6.42 Å². The predicted octanol–water partition coefficient (Wildman–Crippen LogP) is 2.34. The predicted molar refractivity (Wildman–Crippen MR) is 79.0 cm³/mol. The summed E-state index contributed by atoms with van der Waals surface area (Å²) in [6, 6.07) is 2.50. The van der Waals surface area contributed by atoms with Crippen molar-refractivity contribution in [2.75, 3.05) is 17.4 Å². The Labute approximate surface area is 115 Å². The molecule has 1 saturated carbocycles. The number of aryl methyl sites for hydroxylation is 1. The standard InChI is InChI=1S/C14H25N5/c1-4-12-16-13(18-15)9-14(17-12)19(3)11-8-6-5-7-10(11)2/h9-11H,4-8,15H2,1-3H3,(H,16,17,18). The Kier molecular flexibility index (Phi) is 4.58. The number of hydrazine groups is 1. The Morgan fingerprint density at radius 3 is 2.74 bits per heavy atom. The van der Waals surface area contributed by atoms with Crippen LogP contribution in [0.15, 0.2) is 6.07 Å². The third-order valence-corrected chi connectivity index (χ3v) is 4.15. The number of nitrogens with two attached hydrogens (primary N) is 1. The van der Waals surface area contributed by atoms with E-state index < -0.39 is 0 Å². The molecule has 106 valence electrons. The van der Waals surface area contributed by atoms with E-state index in [1.54, 1.807) is 0 Å². The van der Waals surface area contributed by atoms with E-state index in [-0.39, 0.29) is 0 Å². The molecular formula is C14H25N5. The first-order valence-electron chi connectivity index (χ1n) is 7.23. The molecule has 0 bridgehead atoms. The van der Waals surface area contributed by atoms with Crippen LogP contribution >= 0.6 is 0 Å². The van der Waals surface area contributed by atoms with Gasteiger partial charge < -0.3 is 10.3 Å². The van der Waals surface area contributed by atoms with Gasteiger partial charge in [-0.1, -0.05) is 26.7 Å². The van der Waals surface area contributed by atoms with Crippen LogP contribution in [0.2, 0.25) is 0 Å². The Bertz CT molecular complexity index is 398. The van der Waals surface area contributed by atoms with Gasteiger partial charge in [0, 0.05) is 25.6 Å². The van der Waals surface area contributed by atoms with Crippen LogP contribution in [0.5, 0.6) is 0 Å². The van der Waals surface area contributed by atoms with E-state index >= 15 is 0 Å². The Morgan fingerprint density at radius 2 is 2.11 bits per heavy atom. The normalized spacial score (nSPS) is 23.2. The van der Waals surface area contributed by atoms with Crippen LogP contribution in [-0.4, -0.2) is 23.1 Å². The van der Waals surface area contributed by atoms with Gasteiger partial charge in [-0.3, -0.25) is 0 Å². The van der Waals surface area contributed by atoms with Crippen molar-refractivity contribution in [3.63, 3.8) is 0 Å². The van der Waals surface area contributed by atoms with Gasteiger partial charge in [-0.2, -0.15) is 0 Å². The van der Waals surface area contributed by atoms with Crippen molar-refractivity contribution in [3.05, 3.63) is 11.9 Å². The highest BCUT2D eigenvalue weighted by Crippen LogP contribution is 2.30. The fraction of sp³-hybridized carbons (Fsp3) is 0.714. The van der Waals surface area contributed by atoms with Crippen molar-refractivity contribution in [2.45, 2.75) is 52.0 Å². The van der Waals surface area contributed by atoms with Crippen molar-refractivity contribution in [1.82, 2.24) is 9.97 Å². The first-order chi connectivity index (χ1) is 9.15. The number of nitrogens with one attached hydrogen (secondary N) is 1. The van der Waals surface area contributed by atoms with Gasteiger partial charge in [0.25, 0.3) is 0 Å². The molecule has 2 atom stereocenters. The highest BCUT2D eigenvalue weighted by Gasteiger charge is 2.26. The summed E-state index contributed by atoms with van der Waals surface area (Å²) in [4.78, 5) is 11.3. The minimum absolute atomic E-state index is 0.569. The molecule has 0 aromatic carbocycles. The van der Waals surface area contributed by atoms with E-state index in [1.807, 2.05) is 6.07 Å². The van der Waals surface area contributed by atoms with Crippen LogP contribution in [0.3, 0.4) is 0 Å². The second-order valence-corrected chi connectivity index (χ2v) is 5.47. The molecule has 5 heteroatoms. The van der Waals surface area contributed by atoms with Gasteiger partial charge in [0.2, 0.25) is 0 Å². The number of rotatable bonds is 4. The minimum atomic E-state index is 0.569. The molecule has 0 radical (unpaired) electrons. The van der Waals surface area contributed by atoms with Gasteiger partial charge >= 0.3 is 0 Å². The first-order valence-corrected chi connectivity index (χ1v) is 7.23. The molecule has 0 spiro atoms. The van der Waals surface area contributed by atoms with Gasteiger partial charge in [-0.25, -0.2) is 15.8 Å². The van der Waals surface area contributed by atoms with Gasteiger partial charge in [0.1, 0.15) is 17.5 Å². The summed E-state index contributed by atoms with van der Waals surface area (Å²) in [6.45, 7) is 4.40. The second-order valence-electron chi connectivity index (χ2n) is 5.47. The zero-order valence-corrected chi connectivity index (χ0v) is 12.2. The first kappa shape index (κ1) is 14.1. The molecule has 0 saturated heterocycles. The number of hydrogen-bond acceptors (Lipinski definition) is 5. The molecule has 1 aromatic heterocycles. The molecular weight excluding hydrogens is 238 g/mol. The van der Waals surface area contributed by atoms with Crippen molar-refractivity contribution in [1.29, 1.82) is 0 Å². The van der Waals surface area contributed by atoms with E-state index in [9.17, 15) is 0 Å². The van der Waals surface area contributed by atoms with Crippen molar-refractivity contribution in [3.8, 4) is 0 Å². The minimum Gasteiger partial charge on any atom is -0.356 e. The fourth-order valence-corrected chi connectivity index (χ4v) is 2.94. The summed E-state index contributed by atoms with van der Waals surface area (Å²) < 4.78 is 0. The largest absolute Gasteiger partial charge is 0.356 e. The smallest absolute Gasteiger partial charge is 0.145 e. The summed E-state index contributed by atoms with van der Waals surface area (Å²) in [6.07, 6.45) is 6.03. The maximum Gasteiger partial charge on any atom is 0.145 e. The molecule has 1 aliphatic rings. The van der Waals surface area contributed by atoms with Crippen LogP contribution in [0.25, 0.3) is 0 Å². The molecule has 5 nitrogen and oxygen atoms in total. The molecule has 3 N–H and O–H groups in total. The number of nitrogens with zero attached hydrogens (tertiary/aromatic N) is 3. The monoisotopic (exact) mass is 263 g/mol. The number of anilines is 2. The Balaban J connectivity index is 2.24. The van der Waals surface area contributed by atoms with Crippen LogP contribution < -0.4 is 16.2 Å². The SMILES string of the molecule is CCc1nc(NN)cc(N(C)C2CCCCC2C)n1. The van der Waals surface area contributed by atoms with Gasteiger partial charge in [0.15, 0.2) is 0 Å². The molecule has 1 fully saturated rings. The molecule has 0 aliphatic heterocycles. The van der Waals surface area contributed by atoms with Crippen molar-refractivity contribution in [2.24, 2.45) is 11.8 Å². The lowest BCUT2D eigenvalue weighted by Crippen LogP contribution is -2.39. The van der Waals surface area contributed by atoms with E-state index in [4.69, 9.17) is 5.84 Å². The van der Waals surface area contributed by atoms with Gasteiger partial charge in [-0.15, -0.1) is 0 Å². The molecule has 19 heavy (non-hydrogen) atoms. The third-order valence-electron chi connectivity index (χ3n) is 4.15. The average molecular weight is 263 g/mol. The van der Waals surface area contributed by atoms with Gasteiger partial charge in [0.05, 0.1) is 0 Å². The van der Waals surface area contributed by atoms with Crippen LogP contribution in [0.4, 0.5) is 11.6 Å². The van der Waals surface area contributed by atoms with Crippen molar-refractivity contribution < 1.29 is 0 Å². The molecule has 1 aromatic rings. The number of hydrogen-bond donors (Lipinski definition) is 2. The van der Waals surface area contributed by atoms with Gasteiger partial charge in [-0.05, 0) is 18.8 Å². The van der Waals surface area contributed by atoms with E-state index in [1.165, 1.54) is 25.7 Å².